The summed E-state index contributed by atoms with van der Waals surface area (Å²) in [6.07, 6.45) is 0. The highest BCUT2D eigenvalue weighted by Crippen LogP contribution is 2.54. The van der Waals surface area contributed by atoms with Crippen LogP contribution in [0.3, 0.4) is 0 Å². The average molecular weight is 805 g/mol. The van der Waals surface area contributed by atoms with Gasteiger partial charge in [0, 0.05) is 38.8 Å². The minimum Gasteiger partial charge on any atom is -0.310 e. The van der Waals surface area contributed by atoms with Crippen LogP contribution in [-0.4, -0.2) is 4.57 Å². The van der Waals surface area contributed by atoms with Crippen molar-refractivity contribution < 1.29 is 0 Å². The lowest BCUT2D eigenvalue weighted by Gasteiger charge is -2.29. The maximum absolute atomic E-state index is 2.43. The summed E-state index contributed by atoms with van der Waals surface area (Å²) >= 11 is 0. The molecule has 2 heteroatoms. The third-order valence-corrected chi connectivity index (χ3v) is 13.4. The lowest BCUT2D eigenvalue weighted by atomic mass is 9.82. The number of aromatic nitrogens is 1. The second-order valence-corrected chi connectivity index (χ2v) is 17.3. The van der Waals surface area contributed by atoms with Crippen LogP contribution in [0.25, 0.3) is 82.8 Å². The largest absolute Gasteiger partial charge is 0.310 e. The lowest BCUT2D eigenvalue weighted by molar-refractivity contribution is 0.660. The summed E-state index contributed by atoms with van der Waals surface area (Å²) in [5.41, 5.74) is 19.4. The summed E-state index contributed by atoms with van der Waals surface area (Å²) in [6.45, 7) is 4.72. The zero-order chi connectivity index (χ0) is 42.1. The molecule has 0 radical (unpaired) electrons. The Bertz CT molecular complexity index is 3480. The van der Waals surface area contributed by atoms with Crippen molar-refractivity contribution in [3.05, 3.63) is 242 Å². The van der Waals surface area contributed by atoms with Crippen molar-refractivity contribution in [2.45, 2.75) is 19.3 Å². The molecule has 10 aromatic carbocycles. The summed E-state index contributed by atoms with van der Waals surface area (Å²) in [7, 11) is 0. The molecule has 2 nitrogen and oxygen atoms in total. The molecule has 1 aliphatic rings. The van der Waals surface area contributed by atoms with E-state index in [9.17, 15) is 0 Å². The molecule has 298 valence electrons. The Morgan fingerprint density at radius 2 is 0.889 bits per heavy atom. The van der Waals surface area contributed by atoms with Crippen LogP contribution in [0.4, 0.5) is 17.1 Å². The molecule has 0 bridgehead atoms. The summed E-state index contributed by atoms with van der Waals surface area (Å²) in [5, 5.41) is 5.03. The van der Waals surface area contributed by atoms with Gasteiger partial charge in [-0.2, -0.15) is 0 Å². The Morgan fingerprint density at radius 3 is 1.60 bits per heavy atom. The number of nitrogens with zero attached hydrogens (tertiary/aromatic N) is 2. The van der Waals surface area contributed by atoms with Gasteiger partial charge in [0.25, 0.3) is 0 Å². The third kappa shape index (κ3) is 6.02. The fraction of sp³-hybridized carbons (Fsp3) is 0.0492. The first-order valence-corrected chi connectivity index (χ1v) is 21.9. The molecule has 0 atom stereocenters. The predicted octanol–water partition coefficient (Wildman–Crippen LogP) is 16.7. The van der Waals surface area contributed by atoms with E-state index in [2.05, 4.69) is 254 Å². The maximum atomic E-state index is 2.43. The van der Waals surface area contributed by atoms with Crippen molar-refractivity contribution in [1.29, 1.82) is 0 Å². The van der Waals surface area contributed by atoms with E-state index < -0.39 is 0 Å². The van der Waals surface area contributed by atoms with Crippen LogP contribution in [0.5, 0.6) is 0 Å². The summed E-state index contributed by atoms with van der Waals surface area (Å²) in [4.78, 5) is 2.43. The molecule has 0 saturated heterocycles. The van der Waals surface area contributed by atoms with E-state index in [1.165, 1.54) is 88.2 Å². The number of anilines is 3. The molecule has 1 aliphatic carbocycles. The van der Waals surface area contributed by atoms with Gasteiger partial charge in [0.05, 0.1) is 16.7 Å². The molecule has 0 spiro atoms. The third-order valence-electron chi connectivity index (χ3n) is 13.4. The van der Waals surface area contributed by atoms with E-state index in [1.807, 2.05) is 0 Å². The zero-order valence-electron chi connectivity index (χ0n) is 35.3. The molecule has 0 fully saturated rings. The molecule has 63 heavy (non-hydrogen) atoms. The van der Waals surface area contributed by atoms with E-state index in [-0.39, 0.29) is 5.41 Å². The average Bonchev–Trinajstić information content (AvgIpc) is 3.80. The molecule has 11 aromatic rings. The number of hydrogen-bond acceptors (Lipinski definition) is 1. The first-order valence-electron chi connectivity index (χ1n) is 21.9. The fourth-order valence-electron chi connectivity index (χ4n) is 10.3. The van der Waals surface area contributed by atoms with Crippen molar-refractivity contribution in [1.82, 2.24) is 4.57 Å². The van der Waals surface area contributed by atoms with Gasteiger partial charge < -0.3 is 9.47 Å². The van der Waals surface area contributed by atoms with Crippen molar-refractivity contribution >= 4 is 49.6 Å². The number of benzene rings is 10. The highest BCUT2D eigenvalue weighted by atomic mass is 15.1. The van der Waals surface area contributed by atoms with Gasteiger partial charge in [-0.15, -0.1) is 0 Å². The van der Waals surface area contributed by atoms with Gasteiger partial charge in [0.2, 0.25) is 0 Å². The van der Waals surface area contributed by atoms with Crippen LogP contribution >= 0.6 is 0 Å². The SMILES string of the molecule is CC1(C)c2ccccc2-c2c(-c3ccccc3N(c3ccc(-c4cccc(-n5c6ccccc6c6ccccc65)c4)cc3)c3ccc(-c4ccc5ccccc5c4)cc3)cccc21. The van der Waals surface area contributed by atoms with E-state index >= 15 is 0 Å². The van der Waals surface area contributed by atoms with Crippen molar-refractivity contribution in [2.75, 3.05) is 4.90 Å². The van der Waals surface area contributed by atoms with Gasteiger partial charge in [-0.05, 0) is 122 Å². The topological polar surface area (TPSA) is 8.17 Å². The predicted molar refractivity (Wildman–Crippen MR) is 267 cm³/mol. The monoisotopic (exact) mass is 804 g/mol. The first-order chi connectivity index (χ1) is 31.0. The van der Waals surface area contributed by atoms with Gasteiger partial charge in [-0.3, -0.25) is 0 Å². The zero-order valence-corrected chi connectivity index (χ0v) is 35.3. The van der Waals surface area contributed by atoms with E-state index in [0.29, 0.717) is 0 Å². The van der Waals surface area contributed by atoms with Gasteiger partial charge in [0.1, 0.15) is 0 Å². The molecular formula is C61H44N2. The van der Waals surface area contributed by atoms with Gasteiger partial charge in [-0.1, -0.05) is 184 Å². The number of hydrogen-bond donors (Lipinski definition) is 0. The molecule has 0 unspecified atom stereocenters. The molecule has 1 aromatic heterocycles. The Labute approximate surface area is 368 Å². The Morgan fingerprint density at radius 1 is 0.365 bits per heavy atom. The van der Waals surface area contributed by atoms with Crippen molar-refractivity contribution in [3.8, 4) is 50.2 Å². The van der Waals surface area contributed by atoms with Gasteiger partial charge >= 0.3 is 0 Å². The molecule has 12 rings (SSSR count). The molecule has 0 amide bonds. The Balaban J connectivity index is 0.985. The van der Waals surface area contributed by atoms with Crippen LogP contribution in [0.15, 0.2) is 231 Å². The fourth-order valence-corrected chi connectivity index (χ4v) is 10.3. The van der Waals surface area contributed by atoms with Crippen LogP contribution in [0, 0.1) is 0 Å². The van der Waals surface area contributed by atoms with Crippen molar-refractivity contribution in [2.24, 2.45) is 0 Å². The maximum Gasteiger partial charge on any atom is 0.0541 e. The number of para-hydroxylation sites is 3. The Kier molecular flexibility index (Phi) is 8.55. The van der Waals surface area contributed by atoms with E-state index in [4.69, 9.17) is 0 Å². The van der Waals surface area contributed by atoms with Gasteiger partial charge in [0.15, 0.2) is 0 Å². The highest BCUT2D eigenvalue weighted by molar-refractivity contribution is 6.09. The molecule has 1 heterocycles. The minimum absolute atomic E-state index is 0.0934. The van der Waals surface area contributed by atoms with Crippen LogP contribution in [0.1, 0.15) is 25.0 Å². The molecular weight excluding hydrogens is 761 g/mol. The molecule has 0 saturated carbocycles. The quantitative estimate of drug-likeness (QED) is 0.156. The van der Waals surface area contributed by atoms with Crippen LogP contribution < -0.4 is 4.90 Å². The highest BCUT2D eigenvalue weighted by Gasteiger charge is 2.37. The summed E-state index contributed by atoms with van der Waals surface area (Å²) in [6, 6.07) is 84.6. The smallest absolute Gasteiger partial charge is 0.0541 e. The van der Waals surface area contributed by atoms with Crippen molar-refractivity contribution in [3.63, 3.8) is 0 Å². The van der Waals surface area contributed by atoms with Crippen LogP contribution in [0.2, 0.25) is 0 Å². The van der Waals surface area contributed by atoms with E-state index in [0.717, 1.165) is 22.7 Å². The van der Waals surface area contributed by atoms with E-state index in [1.54, 1.807) is 0 Å². The summed E-state index contributed by atoms with van der Waals surface area (Å²) in [5.74, 6) is 0. The number of fused-ring (bicyclic) bond motifs is 7. The number of rotatable bonds is 7. The van der Waals surface area contributed by atoms with Gasteiger partial charge in [-0.25, -0.2) is 0 Å². The first kappa shape index (κ1) is 36.9. The molecule has 0 aliphatic heterocycles. The normalized spacial score (nSPS) is 12.7. The second kappa shape index (κ2) is 14.6. The standard InChI is InChI=1S/C61H44N2/c1-61(2)55-24-9-5-22-54(55)60-53(23-14-25-56(60)61)52-21-8-10-26-57(52)62(48-37-33-43(34-38-48)46-30-29-41-15-3-4-16-44(41)39-46)47-35-31-42(32-36-47)45-17-13-18-49(40-45)63-58-27-11-6-19-50(58)51-20-7-12-28-59(51)63/h3-40H,1-2H3. The summed E-state index contributed by atoms with van der Waals surface area (Å²) < 4.78 is 2.39. The minimum atomic E-state index is -0.0934. The second-order valence-electron chi connectivity index (χ2n) is 17.3. The lowest BCUT2D eigenvalue weighted by Crippen LogP contribution is -2.14. The Hall–Kier alpha value is -7.94. The van der Waals surface area contributed by atoms with Crippen LogP contribution in [-0.2, 0) is 5.41 Å². The molecule has 0 N–H and O–H groups in total.